The largest absolute Gasteiger partial charge is 0.349 e. The van der Waals surface area contributed by atoms with Gasteiger partial charge in [-0.15, -0.1) is 0 Å². The highest BCUT2D eigenvalue weighted by atomic mass is 32.2. The molecule has 0 radical (unpaired) electrons. The molecule has 3 aromatic rings. The van der Waals surface area contributed by atoms with E-state index < -0.39 is 20.9 Å². The molecule has 11 heteroatoms. The van der Waals surface area contributed by atoms with Crippen LogP contribution in [0.1, 0.15) is 15.9 Å². The number of nitro benzene ring substituents is 1. The maximum atomic E-state index is 12.9. The molecule has 3 rings (SSSR count). The van der Waals surface area contributed by atoms with Gasteiger partial charge >= 0.3 is 0 Å². The van der Waals surface area contributed by atoms with Crippen molar-refractivity contribution in [2.45, 2.75) is 11.3 Å². The summed E-state index contributed by atoms with van der Waals surface area (Å²) in [6, 6.07) is 17.3. The van der Waals surface area contributed by atoms with Crippen molar-refractivity contribution in [2.75, 3.05) is 24.1 Å². The van der Waals surface area contributed by atoms with Gasteiger partial charge in [0.1, 0.15) is 0 Å². The third-order valence-electron chi connectivity index (χ3n) is 4.82. The first kappa shape index (κ1) is 24.4. The van der Waals surface area contributed by atoms with Crippen molar-refractivity contribution >= 4 is 38.9 Å². The number of sulfonamides is 1. The predicted octanol–water partition coefficient (Wildman–Crippen LogP) is 3.28. The van der Waals surface area contributed by atoms with Crippen molar-refractivity contribution in [3.05, 3.63) is 94.0 Å². The maximum Gasteiger partial charge on any atom is 0.270 e. The van der Waals surface area contributed by atoms with E-state index in [1.807, 2.05) is 0 Å². The zero-order chi connectivity index (χ0) is 24.9. The average molecular weight is 483 g/mol. The van der Waals surface area contributed by atoms with Crippen LogP contribution < -0.4 is 10.0 Å². The molecule has 0 aliphatic carbocycles. The Hall–Kier alpha value is -4.25. The van der Waals surface area contributed by atoms with Gasteiger partial charge in [-0.05, 0) is 35.9 Å². The first-order valence-corrected chi connectivity index (χ1v) is 11.5. The smallest absolute Gasteiger partial charge is 0.270 e. The van der Waals surface area contributed by atoms with E-state index in [9.17, 15) is 28.1 Å². The highest BCUT2D eigenvalue weighted by molar-refractivity contribution is 7.92. The summed E-state index contributed by atoms with van der Waals surface area (Å²) in [7, 11) is -0.856. The van der Waals surface area contributed by atoms with Crippen LogP contribution in [0, 0.1) is 10.1 Å². The summed E-state index contributed by atoms with van der Waals surface area (Å²) >= 11 is 0. The van der Waals surface area contributed by atoms with E-state index in [0.717, 1.165) is 11.6 Å². The molecule has 3 aromatic carbocycles. The third kappa shape index (κ3) is 5.95. The zero-order valence-corrected chi connectivity index (χ0v) is 19.2. The topological polar surface area (TPSA) is 139 Å². The van der Waals surface area contributed by atoms with Crippen LogP contribution in [0.25, 0.3) is 0 Å². The highest BCUT2D eigenvalue weighted by Crippen LogP contribution is 2.24. The lowest BCUT2D eigenvalue weighted by Gasteiger charge is -2.13. The highest BCUT2D eigenvalue weighted by Gasteiger charge is 2.21. The summed E-state index contributed by atoms with van der Waals surface area (Å²) in [6.07, 6.45) is 0.226. The zero-order valence-electron chi connectivity index (χ0n) is 18.4. The van der Waals surface area contributed by atoms with Gasteiger partial charge in [0.15, 0.2) is 0 Å². The normalized spacial score (nSPS) is 10.9. The molecule has 0 aliphatic rings. The number of carbonyl (C=O) groups excluding carboxylic acids is 2. The summed E-state index contributed by atoms with van der Waals surface area (Å²) in [5.74, 6) is -0.615. The van der Waals surface area contributed by atoms with Gasteiger partial charge in [-0.25, -0.2) is 8.42 Å². The molecular formula is C23H22N4O6S. The number of rotatable bonds is 8. The third-order valence-corrected chi connectivity index (χ3v) is 6.18. The fourth-order valence-corrected chi connectivity index (χ4v) is 4.09. The Balaban J connectivity index is 1.78. The molecular weight excluding hydrogens is 460 g/mol. The van der Waals surface area contributed by atoms with Gasteiger partial charge in [0.05, 0.1) is 27.5 Å². The molecule has 0 heterocycles. The minimum atomic E-state index is -4.19. The number of hydrogen-bond donors (Lipinski definition) is 2. The van der Waals surface area contributed by atoms with E-state index in [4.69, 9.17) is 0 Å². The van der Waals surface area contributed by atoms with E-state index in [1.54, 1.807) is 50.5 Å². The Morgan fingerprint density at radius 2 is 1.65 bits per heavy atom. The molecule has 2 N–H and O–H groups in total. The number of anilines is 2. The monoisotopic (exact) mass is 482 g/mol. The van der Waals surface area contributed by atoms with Crippen LogP contribution in [0.4, 0.5) is 17.1 Å². The molecule has 0 fully saturated rings. The van der Waals surface area contributed by atoms with E-state index in [-0.39, 0.29) is 34.2 Å². The quantitative estimate of drug-likeness (QED) is 0.373. The molecule has 10 nitrogen and oxygen atoms in total. The van der Waals surface area contributed by atoms with Gasteiger partial charge in [0.25, 0.3) is 21.6 Å². The summed E-state index contributed by atoms with van der Waals surface area (Å²) in [5.41, 5.74) is 0.942. The van der Waals surface area contributed by atoms with E-state index in [1.165, 1.54) is 35.2 Å². The van der Waals surface area contributed by atoms with E-state index >= 15 is 0 Å². The number of non-ortho nitro benzene ring substituents is 1. The summed E-state index contributed by atoms with van der Waals surface area (Å²) in [4.78, 5) is 36.2. The summed E-state index contributed by atoms with van der Waals surface area (Å²) in [6.45, 7) is 0. The number of nitrogens with one attached hydrogen (secondary N) is 2. The first-order valence-electron chi connectivity index (χ1n) is 10.0. The van der Waals surface area contributed by atoms with Crippen LogP contribution in [0.2, 0.25) is 0 Å². The molecule has 0 spiro atoms. The molecule has 0 bridgehead atoms. The van der Waals surface area contributed by atoms with Gasteiger partial charge in [0, 0.05) is 31.9 Å². The number of likely N-dealkylation sites (N-methyl/N-ethyl adjacent to an activating group) is 1. The Bertz CT molecular complexity index is 1340. The molecule has 0 aliphatic heterocycles. The number of carbonyl (C=O) groups is 2. The van der Waals surface area contributed by atoms with E-state index in [2.05, 4.69) is 10.0 Å². The Kier molecular flexibility index (Phi) is 7.27. The molecule has 0 saturated carbocycles. The van der Waals surface area contributed by atoms with Crippen LogP contribution in [0.3, 0.4) is 0 Å². The first-order chi connectivity index (χ1) is 16.1. The van der Waals surface area contributed by atoms with Crippen LogP contribution in [0.15, 0.2) is 77.7 Å². The summed E-state index contributed by atoms with van der Waals surface area (Å²) < 4.78 is 27.9. The SMILES string of the molecule is CN(C)C(=O)Cc1ccc(NC(=O)c2ccccc2NS(=O)(=O)c2cccc([N+](=O)[O-])c2)cc1. The second-order valence-electron chi connectivity index (χ2n) is 7.52. The van der Waals surface area contributed by atoms with Crippen LogP contribution in [0.5, 0.6) is 0 Å². The second kappa shape index (κ2) is 10.1. The number of benzene rings is 3. The van der Waals surface area contributed by atoms with Crippen LogP contribution >= 0.6 is 0 Å². The van der Waals surface area contributed by atoms with Gasteiger partial charge in [-0.3, -0.25) is 24.4 Å². The molecule has 0 atom stereocenters. The molecule has 176 valence electrons. The molecule has 0 unspecified atom stereocenters. The fourth-order valence-electron chi connectivity index (χ4n) is 2.98. The van der Waals surface area contributed by atoms with Crippen LogP contribution in [-0.2, 0) is 21.2 Å². The number of hydrogen-bond acceptors (Lipinski definition) is 6. The van der Waals surface area contributed by atoms with E-state index in [0.29, 0.717) is 5.69 Å². The lowest BCUT2D eigenvalue weighted by atomic mass is 10.1. The summed E-state index contributed by atoms with van der Waals surface area (Å²) in [5, 5.41) is 13.7. The minimum Gasteiger partial charge on any atom is -0.349 e. The van der Waals surface area contributed by atoms with Gasteiger partial charge < -0.3 is 10.2 Å². The molecule has 34 heavy (non-hydrogen) atoms. The Morgan fingerprint density at radius 1 is 0.971 bits per heavy atom. The van der Waals surface area contributed by atoms with Crippen molar-refractivity contribution in [1.29, 1.82) is 0 Å². The number of para-hydroxylation sites is 1. The van der Waals surface area contributed by atoms with Gasteiger partial charge in [-0.2, -0.15) is 0 Å². The Morgan fingerprint density at radius 3 is 2.29 bits per heavy atom. The minimum absolute atomic E-state index is 0.0136. The molecule has 0 saturated heterocycles. The fraction of sp³-hybridized carbons (Fsp3) is 0.130. The Labute approximate surface area is 196 Å². The molecule has 2 amide bonds. The van der Waals surface area contributed by atoms with Crippen molar-refractivity contribution in [2.24, 2.45) is 0 Å². The van der Waals surface area contributed by atoms with Crippen molar-refractivity contribution in [1.82, 2.24) is 4.90 Å². The predicted molar refractivity (Wildman–Crippen MR) is 127 cm³/mol. The van der Waals surface area contributed by atoms with Crippen LogP contribution in [-0.4, -0.2) is 44.2 Å². The number of nitrogens with zero attached hydrogens (tertiary/aromatic N) is 2. The van der Waals surface area contributed by atoms with Gasteiger partial charge in [0.2, 0.25) is 5.91 Å². The van der Waals surface area contributed by atoms with Crippen molar-refractivity contribution in [3.8, 4) is 0 Å². The lowest BCUT2D eigenvalue weighted by molar-refractivity contribution is -0.385. The second-order valence-corrected chi connectivity index (χ2v) is 9.20. The molecule has 0 aromatic heterocycles. The van der Waals surface area contributed by atoms with Gasteiger partial charge in [-0.1, -0.05) is 30.3 Å². The maximum absolute atomic E-state index is 12.9. The lowest BCUT2D eigenvalue weighted by Crippen LogP contribution is -2.23. The number of nitro groups is 1. The number of amides is 2. The van der Waals surface area contributed by atoms with Crippen molar-refractivity contribution in [3.63, 3.8) is 0 Å². The van der Waals surface area contributed by atoms with Crippen molar-refractivity contribution < 1.29 is 22.9 Å². The standard InChI is InChI=1S/C23H22N4O6S/c1-26(2)22(28)14-16-10-12-17(13-11-16)24-23(29)20-8-3-4-9-21(20)25-34(32,33)19-7-5-6-18(15-19)27(30)31/h3-13,15,25H,14H2,1-2H3,(H,24,29). The average Bonchev–Trinajstić information content (AvgIpc) is 2.80.